The van der Waals surface area contributed by atoms with Crippen LogP contribution in [0.4, 0.5) is 11.5 Å². The lowest BCUT2D eigenvalue weighted by Gasteiger charge is -2.14. The Morgan fingerprint density at radius 1 is 1.69 bits per heavy atom. The number of esters is 1. The fourth-order valence-corrected chi connectivity index (χ4v) is 1.17. The van der Waals surface area contributed by atoms with Crippen LogP contribution in [0.1, 0.15) is 30.6 Å². The Morgan fingerprint density at radius 2 is 2.38 bits per heavy atom. The summed E-state index contributed by atoms with van der Waals surface area (Å²) in [6, 6.07) is 1.85. The van der Waals surface area contributed by atoms with E-state index in [0.29, 0.717) is 23.1 Å². The predicted molar refractivity (Wildman–Crippen MR) is 63.4 cm³/mol. The summed E-state index contributed by atoms with van der Waals surface area (Å²) < 4.78 is 4.58. The minimum absolute atomic E-state index is 0.291. The molecule has 0 aromatic carbocycles. The third kappa shape index (κ3) is 2.85. The Hall–Kier alpha value is -1.78. The fourth-order valence-electron chi connectivity index (χ4n) is 1.17. The highest BCUT2D eigenvalue weighted by atomic mass is 16.5. The van der Waals surface area contributed by atoms with Crippen molar-refractivity contribution in [2.75, 3.05) is 18.2 Å². The predicted octanol–water partition coefficient (Wildman–Crippen LogP) is 1.66. The topological polar surface area (TPSA) is 77.2 Å². The number of anilines is 2. The summed E-state index contributed by atoms with van der Waals surface area (Å²) >= 11 is 0. The molecular weight excluding hydrogens is 206 g/mol. The quantitative estimate of drug-likeness (QED) is 0.759. The number of aromatic nitrogens is 1. The van der Waals surface area contributed by atoms with E-state index in [0.717, 1.165) is 6.42 Å². The largest absolute Gasteiger partial charge is 0.465 e. The van der Waals surface area contributed by atoms with E-state index in [1.54, 1.807) is 6.07 Å². The first-order valence-electron chi connectivity index (χ1n) is 5.18. The van der Waals surface area contributed by atoms with Gasteiger partial charge in [-0.1, -0.05) is 6.92 Å². The van der Waals surface area contributed by atoms with Gasteiger partial charge >= 0.3 is 5.97 Å². The van der Waals surface area contributed by atoms with Crippen LogP contribution in [-0.2, 0) is 4.74 Å². The number of pyridine rings is 1. The van der Waals surface area contributed by atoms with Crippen molar-refractivity contribution in [3.63, 3.8) is 0 Å². The van der Waals surface area contributed by atoms with E-state index in [4.69, 9.17) is 5.73 Å². The molecule has 0 fully saturated rings. The summed E-state index contributed by atoms with van der Waals surface area (Å²) in [7, 11) is 1.32. The summed E-state index contributed by atoms with van der Waals surface area (Å²) in [4.78, 5) is 15.3. The number of hydrogen-bond donors (Lipinski definition) is 2. The maximum Gasteiger partial charge on any atom is 0.339 e. The summed E-state index contributed by atoms with van der Waals surface area (Å²) in [6.07, 6.45) is 2.42. The average molecular weight is 223 g/mol. The van der Waals surface area contributed by atoms with Crippen LogP contribution in [0, 0.1) is 0 Å². The van der Waals surface area contributed by atoms with Crippen LogP contribution in [0.15, 0.2) is 12.3 Å². The Labute approximate surface area is 95.0 Å². The van der Waals surface area contributed by atoms with E-state index in [1.807, 2.05) is 6.92 Å². The number of carbonyl (C=O) groups excluding carboxylic acids is 1. The zero-order chi connectivity index (χ0) is 12.1. The molecule has 3 N–H and O–H groups in total. The van der Waals surface area contributed by atoms with Crippen molar-refractivity contribution in [1.82, 2.24) is 4.98 Å². The Kier molecular flexibility index (Phi) is 4.10. The molecule has 0 saturated heterocycles. The second-order valence-electron chi connectivity index (χ2n) is 3.61. The number of nitrogens with zero attached hydrogens (tertiary/aromatic N) is 1. The molecule has 0 aliphatic rings. The van der Waals surface area contributed by atoms with Gasteiger partial charge in [0.1, 0.15) is 5.82 Å². The number of nitrogen functional groups attached to an aromatic ring is 1. The van der Waals surface area contributed by atoms with E-state index in [1.165, 1.54) is 13.3 Å². The molecule has 1 heterocycles. The van der Waals surface area contributed by atoms with E-state index in [9.17, 15) is 4.79 Å². The fraction of sp³-hybridized carbons (Fsp3) is 0.455. The highest BCUT2D eigenvalue weighted by Gasteiger charge is 2.10. The molecule has 0 spiro atoms. The second kappa shape index (κ2) is 5.34. The van der Waals surface area contributed by atoms with Gasteiger partial charge in [0.25, 0.3) is 0 Å². The van der Waals surface area contributed by atoms with Gasteiger partial charge < -0.3 is 15.8 Å². The van der Waals surface area contributed by atoms with Crippen LogP contribution in [0.5, 0.6) is 0 Å². The van der Waals surface area contributed by atoms with Crippen molar-refractivity contribution in [3.8, 4) is 0 Å². The molecular formula is C11H17N3O2. The zero-order valence-electron chi connectivity index (χ0n) is 9.78. The Bertz CT molecular complexity index is 379. The number of hydrogen-bond acceptors (Lipinski definition) is 5. The Balaban J connectivity index is 2.87. The molecule has 0 radical (unpaired) electrons. The van der Waals surface area contributed by atoms with Gasteiger partial charge in [-0.2, -0.15) is 0 Å². The monoisotopic (exact) mass is 223 g/mol. The molecule has 0 aliphatic heterocycles. The van der Waals surface area contributed by atoms with Crippen molar-refractivity contribution in [1.29, 1.82) is 0 Å². The molecule has 1 rings (SSSR count). The SMILES string of the molecule is CCC(C)Nc1ncc(C(=O)OC)cc1N. The molecule has 0 amide bonds. The van der Waals surface area contributed by atoms with E-state index < -0.39 is 5.97 Å². The number of nitrogens with one attached hydrogen (secondary N) is 1. The van der Waals surface area contributed by atoms with Crippen molar-refractivity contribution in [2.24, 2.45) is 0 Å². The Morgan fingerprint density at radius 3 is 2.88 bits per heavy atom. The molecule has 5 heteroatoms. The highest BCUT2D eigenvalue weighted by Crippen LogP contribution is 2.18. The molecule has 0 bridgehead atoms. The third-order valence-electron chi connectivity index (χ3n) is 2.33. The van der Waals surface area contributed by atoms with Crippen LogP contribution in [0.3, 0.4) is 0 Å². The van der Waals surface area contributed by atoms with Gasteiger partial charge in [-0.3, -0.25) is 0 Å². The molecule has 88 valence electrons. The minimum atomic E-state index is -0.436. The van der Waals surface area contributed by atoms with Crippen LogP contribution < -0.4 is 11.1 Å². The van der Waals surface area contributed by atoms with Gasteiger partial charge in [-0.15, -0.1) is 0 Å². The maximum absolute atomic E-state index is 11.2. The summed E-state index contributed by atoms with van der Waals surface area (Å²) in [5.41, 5.74) is 6.59. The number of nitrogens with two attached hydrogens (primary N) is 1. The van der Waals surface area contributed by atoms with Crippen LogP contribution in [0.25, 0.3) is 0 Å². The molecule has 0 saturated carbocycles. The van der Waals surface area contributed by atoms with Crippen LogP contribution in [-0.4, -0.2) is 24.1 Å². The van der Waals surface area contributed by atoms with E-state index >= 15 is 0 Å². The standard InChI is InChI=1S/C11H17N3O2/c1-4-7(2)14-10-9(12)5-8(6-13-10)11(15)16-3/h5-7H,4,12H2,1-3H3,(H,13,14). The normalized spacial score (nSPS) is 11.9. The lowest BCUT2D eigenvalue weighted by Crippen LogP contribution is -2.16. The van der Waals surface area contributed by atoms with Gasteiger partial charge in [-0.25, -0.2) is 9.78 Å². The average Bonchev–Trinajstić information content (AvgIpc) is 2.30. The summed E-state index contributed by atoms with van der Waals surface area (Å²) in [6.45, 7) is 4.10. The molecule has 1 aromatic rings. The lowest BCUT2D eigenvalue weighted by molar-refractivity contribution is 0.0600. The molecule has 16 heavy (non-hydrogen) atoms. The first kappa shape index (κ1) is 12.3. The van der Waals surface area contributed by atoms with Gasteiger partial charge in [0, 0.05) is 12.2 Å². The van der Waals surface area contributed by atoms with Crippen molar-refractivity contribution in [2.45, 2.75) is 26.3 Å². The molecule has 1 aromatic heterocycles. The molecule has 1 atom stereocenters. The van der Waals surface area contributed by atoms with Gasteiger partial charge in [0.15, 0.2) is 0 Å². The maximum atomic E-state index is 11.2. The third-order valence-corrected chi connectivity index (χ3v) is 2.33. The van der Waals surface area contributed by atoms with Crippen molar-refractivity contribution >= 4 is 17.5 Å². The van der Waals surface area contributed by atoms with Crippen LogP contribution >= 0.6 is 0 Å². The van der Waals surface area contributed by atoms with Crippen molar-refractivity contribution < 1.29 is 9.53 Å². The molecule has 5 nitrogen and oxygen atoms in total. The smallest absolute Gasteiger partial charge is 0.339 e. The van der Waals surface area contributed by atoms with Crippen LogP contribution in [0.2, 0.25) is 0 Å². The number of methoxy groups -OCH3 is 1. The minimum Gasteiger partial charge on any atom is -0.465 e. The van der Waals surface area contributed by atoms with E-state index in [-0.39, 0.29) is 0 Å². The molecule has 1 unspecified atom stereocenters. The van der Waals surface area contributed by atoms with E-state index in [2.05, 4.69) is 22.0 Å². The van der Waals surface area contributed by atoms with Gasteiger partial charge in [0.2, 0.25) is 0 Å². The summed E-state index contributed by atoms with van der Waals surface area (Å²) in [5.74, 6) is 0.163. The number of ether oxygens (including phenoxy) is 1. The van der Waals surface area contributed by atoms with Gasteiger partial charge in [0.05, 0.1) is 18.4 Å². The highest BCUT2D eigenvalue weighted by molar-refractivity contribution is 5.90. The lowest BCUT2D eigenvalue weighted by atomic mass is 10.2. The second-order valence-corrected chi connectivity index (χ2v) is 3.61. The first-order valence-corrected chi connectivity index (χ1v) is 5.18. The van der Waals surface area contributed by atoms with Gasteiger partial charge in [-0.05, 0) is 19.4 Å². The molecule has 0 aliphatic carbocycles. The first-order chi connectivity index (χ1) is 7.58. The number of rotatable bonds is 4. The zero-order valence-corrected chi connectivity index (χ0v) is 9.78. The number of carbonyl (C=O) groups is 1. The summed E-state index contributed by atoms with van der Waals surface area (Å²) in [5, 5.41) is 3.16. The van der Waals surface area contributed by atoms with Crippen molar-refractivity contribution in [3.05, 3.63) is 17.8 Å².